The summed E-state index contributed by atoms with van der Waals surface area (Å²) in [5.74, 6) is 0. The van der Waals surface area contributed by atoms with Crippen molar-refractivity contribution in [2.24, 2.45) is 0 Å². The number of benzene rings is 1. The Labute approximate surface area is 99.8 Å². The van der Waals surface area contributed by atoms with Gasteiger partial charge < -0.3 is 10.4 Å². The zero-order valence-electron chi connectivity index (χ0n) is 9.26. The fourth-order valence-corrected chi connectivity index (χ4v) is 1.75. The van der Waals surface area contributed by atoms with Crippen molar-refractivity contribution in [3.63, 3.8) is 0 Å². The number of aliphatic hydroxyl groups is 1. The quantitative estimate of drug-likeness (QED) is 0.806. The van der Waals surface area contributed by atoms with Crippen LogP contribution in [0.5, 0.6) is 0 Å². The van der Waals surface area contributed by atoms with Gasteiger partial charge in [0.15, 0.2) is 0 Å². The highest BCUT2D eigenvalue weighted by molar-refractivity contribution is 9.10. The molecule has 1 aromatic rings. The minimum absolute atomic E-state index is 0.0931. The molecular formula is C12H18BrNO. The maximum atomic E-state index is 8.70. The van der Waals surface area contributed by atoms with E-state index in [2.05, 4.69) is 59.4 Å². The molecule has 0 heterocycles. The van der Waals surface area contributed by atoms with Gasteiger partial charge in [0.2, 0.25) is 0 Å². The number of hydrogen-bond donors (Lipinski definition) is 2. The summed E-state index contributed by atoms with van der Waals surface area (Å²) >= 11 is 3.43. The molecule has 0 unspecified atom stereocenters. The number of nitrogens with one attached hydrogen (secondary N) is 1. The minimum Gasteiger partial charge on any atom is -0.395 e. The van der Waals surface area contributed by atoms with E-state index in [1.54, 1.807) is 0 Å². The van der Waals surface area contributed by atoms with Crippen molar-refractivity contribution in [3.05, 3.63) is 34.3 Å². The summed E-state index contributed by atoms with van der Waals surface area (Å²) in [4.78, 5) is 0. The highest BCUT2D eigenvalue weighted by Crippen LogP contribution is 2.23. The Balaban J connectivity index is 2.63. The molecule has 15 heavy (non-hydrogen) atoms. The normalized spacial score (nSPS) is 11.7. The van der Waals surface area contributed by atoms with Gasteiger partial charge in [-0.15, -0.1) is 0 Å². The molecule has 0 saturated carbocycles. The average molecular weight is 272 g/mol. The van der Waals surface area contributed by atoms with Gasteiger partial charge in [0.05, 0.1) is 6.61 Å². The maximum Gasteiger partial charge on any atom is 0.0555 e. The van der Waals surface area contributed by atoms with Gasteiger partial charge in [0, 0.05) is 23.0 Å². The Morgan fingerprint density at radius 2 is 1.87 bits per heavy atom. The van der Waals surface area contributed by atoms with Crippen LogP contribution in [0.25, 0.3) is 0 Å². The molecule has 0 aliphatic carbocycles. The van der Waals surface area contributed by atoms with Crippen LogP contribution in [-0.2, 0) is 5.41 Å². The molecule has 0 aliphatic rings. The molecule has 0 amide bonds. The molecule has 0 aliphatic heterocycles. The predicted molar refractivity (Wildman–Crippen MR) is 67.1 cm³/mol. The van der Waals surface area contributed by atoms with E-state index in [1.165, 1.54) is 5.56 Å². The van der Waals surface area contributed by atoms with Gasteiger partial charge in [-0.25, -0.2) is 0 Å². The molecule has 0 atom stereocenters. The first-order valence-electron chi connectivity index (χ1n) is 5.14. The van der Waals surface area contributed by atoms with Crippen LogP contribution in [-0.4, -0.2) is 24.8 Å². The van der Waals surface area contributed by atoms with Crippen LogP contribution in [0.2, 0.25) is 0 Å². The molecule has 3 heteroatoms. The summed E-state index contributed by atoms with van der Waals surface area (Å²) < 4.78 is 1.10. The second-order valence-corrected chi connectivity index (χ2v) is 5.21. The third-order valence-corrected chi connectivity index (χ3v) is 3.01. The Morgan fingerprint density at radius 1 is 1.27 bits per heavy atom. The van der Waals surface area contributed by atoms with Gasteiger partial charge in [-0.05, 0) is 17.7 Å². The fraction of sp³-hybridized carbons (Fsp3) is 0.500. The van der Waals surface area contributed by atoms with E-state index < -0.39 is 0 Å². The highest BCUT2D eigenvalue weighted by atomic mass is 79.9. The molecule has 0 spiro atoms. The van der Waals surface area contributed by atoms with Gasteiger partial charge in [-0.2, -0.15) is 0 Å². The van der Waals surface area contributed by atoms with Crippen LogP contribution in [0, 0.1) is 0 Å². The SMILES string of the molecule is CC(C)(CNCCO)c1ccc(Br)cc1. The molecule has 0 aromatic heterocycles. The zero-order chi connectivity index (χ0) is 11.3. The first-order valence-corrected chi connectivity index (χ1v) is 5.93. The largest absolute Gasteiger partial charge is 0.395 e. The summed E-state index contributed by atoms with van der Waals surface area (Å²) in [6.45, 7) is 6.10. The summed E-state index contributed by atoms with van der Waals surface area (Å²) in [7, 11) is 0. The third kappa shape index (κ3) is 3.93. The van der Waals surface area contributed by atoms with Crippen LogP contribution in [0.15, 0.2) is 28.7 Å². The number of aliphatic hydroxyl groups excluding tert-OH is 1. The van der Waals surface area contributed by atoms with Crippen molar-refractivity contribution >= 4 is 15.9 Å². The second kappa shape index (κ2) is 5.64. The van der Waals surface area contributed by atoms with Gasteiger partial charge in [0.1, 0.15) is 0 Å². The topological polar surface area (TPSA) is 32.3 Å². The van der Waals surface area contributed by atoms with Crippen molar-refractivity contribution in [1.29, 1.82) is 0 Å². The van der Waals surface area contributed by atoms with Gasteiger partial charge in [-0.1, -0.05) is 41.9 Å². The lowest BCUT2D eigenvalue weighted by atomic mass is 9.85. The summed E-state index contributed by atoms with van der Waals surface area (Å²) in [6.07, 6.45) is 0. The van der Waals surface area contributed by atoms with E-state index in [9.17, 15) is 0 Å². The van der Waals surface area contributed by atoms with Gasteiger partial charge >= 0.3 is 0 Å². The highest BCUT2D eigenvalue weighted by Gasteiger charge is 2.19. The second-order valence-electron chi connectivity index (χ2n) is 4.29. The van der Waals surface area contributed by atoms with E-state index in [0.717, 1.165) is 11.0 Å². The van der Waals surface area contributed by atoms with E-state index in [1.807, 2.05) is 0 Å². The monoisotopic (exact) mass is 271 g/mol. The van der Waals surface area contributed by atoms with Crippen LogP contribution in [0.1, 0.15) is 19.4 Å². The van der Waals surface area contributed by atoms with Crippen molar-refractivity contribution in [1.82, 2.24) is 5.32 Å². The van der Waals surface area contributed by atoms with Crippen LogP contribution < -0.4 is 5.32 Å². The van der Waals surface area contributed by atoms with Gasteiger partial charge in [0.25, 0.3) is 0 Å². The minimum atomic E-state index is 0.0931. The number of hydrogen-bond acceptors (Lipinski definition) is 2. The van der Waals surface area contributed by atoms with Crippen molar-refractivity contribution in [2.75, 3.05) is 19.7 Å². The molecule has 84 valence electrons. The van der Waals surface area contributed by atoms with Gasteiger partial charge in [-0.3, -0.25) is 0 Å². The Morgan fingerprint density at radius 3 is 2.40 bits per heavy atom. The molecule has 1 rings (SSSR count). The van der Waals surface area contributed by atoms with Crippen molar-refractivity contribution in [3.8, 4) is 0 Å². The fourth-order valence-electron chi connectivity index (χ4n) is 1.48. The van der Waals surface area contributed by atoms with Crippen LogP contribution in [0.4, 0.5) is 0 Å². The Bertz CT molecular complexity index is 295. The van der Waals surface area contributed by atoms with Crippen LogP contribution in [0.3, 0.4) is 0 Å². The predicted octanol–water partition coefficient (Wildman–Crippen LogP) is 2.31. The lowest BCUT2D eigenvalue weighted by molar-refractivity contribution is 0.286. The van der Waals surface area contributed by atoms with E-state index >= 15 is 0 Å². The first-order chi connectivity index (χ1) is 7.06. The Hall–Kier alpha value is -0.380. The summed E-state index contributed by atoms with van der Waals surface area (Å²) in [6, 6.07) is 8.38. The molecule has 0 fully saturated rings. The van der Waals surface area contributed by atoms with Crippen molar-refractivity contribution in [2.45, 2.75) is 19.3 Å². The smallest absolute Gasteiger partial charge is 0.0555 e. The van der Waals surface area contributed by atoms with E-state index in [4.69, 9.17) is 5.11 Å². The first kappa shape index (κ1) is 12.7. The summed E-state index contributed by atoms with van der Waals surface area (Å²) in [5.41, 5.74) is 1.40. The Kier molecular flexibility index (Phi) is 4.77. The van der Waals surface area contributed by atoms with E-state index in [0.29, 0.717) is 6.54 Å². The molecule has 2 N–H and O–H groups in total. The average Bonchev–Trinajstić information content (AvgIpc) is 2.18. The molecule has 0 saturated heterocycles. The zero-order valence-corrected chi connectivity index (χ0v) is 10.8. The van der Waals surface area contributed by atoms with Crippen molar-refractivity contribution < 1.29 is 5.11 Å². The molecule has 0 bridgehead atoms. The molecule has 0 radical (unpaired) electrons. The van der Waals surface area contributed by atoms with E-state index in [-0.39, 0.29) is 12.0 Å². The van der Waals surface area contributed by atoms with Crippen LogP contribution >= 0.6 is 15.9 Å². The number of halogens is 1. The number of rotatable bonds is 5. The standard InChI is InChI=1S/C12H18BrNO/c1-12(2,9-14-7-8-15)10-3-5-11(13)6-4-10/h3-6,14-15H,7-9H2,1-2H3. The lowest BCUT2D eigenvalue weighted by Crippen LogP contribution is -2.34. The third-order valence-electron chi connectivity index (χ3n) is 2.48. The molecule has 2 nitrogen and oxygen atoms in total. The molecular weight excluding hydrogens is 254 g/mol. The maximum absolute atomic E-state index is 8.70. The lowest BCUT2D eigenvalue weighted by Gasteiger charge is -2.25. The molecule has 1 aromatic carbocycles. The summed E-state index contributed by atoms with van der Waals surface area (Å²) in [5, 5.41) is 11.9.